The van der Waals surface area contributed by atoms with Crippen LogP contribution in [0.2, 0.25) is 15.1 Å². The number of hydrogen-bond donors (Lipinski definition) is 0. The van der Waals surface area contributed by atoms with E-state index in [-0.39, 0.29) is 24.3 Å². The second-order valence-electron chi connectivity index (χ2n) is 10.3. The molecule has 1 atom stereocenters. The van der Waals surface area contributed by atoms with Gasteiger partial charge in [0.05, 0.1) is 36.6 Å². The van der Waals surface area contributed by atoms with Gasteiger partial charge in [-0.3, -0.25) is 9.36 Å². The summed E-state index contributed by atoms with van der Waals surface area (Å²) < 4.78 is 25.4. The van der Waals surface area contributed by atoms with E-state index in [4.69, 9.17) is 58.7 Å². The minimum Gasteiger partial charge on any atom is -0.496 e. The third-order valence-electron chi connectivity index (χ3n) is 7.35. The monoisotopic (exact) mass is 778 g/mol. The molecule has 0 aliphatic carbocycles. The quantitative estimate of drug-likeness (QED) is 0.144. The van der Waals surface area contributed by atoms with E-state index in [0.29, 0.717) is 69.4 Å². The van der Waals surface area contributed by atoms with Gasteiger partial charge in [0.2, 0.25) is 0 Å². The number of thiazole rings is 1. The van der Waals surface area contributed by atoms with E-state index in [1.54, 1.807) is 61.5 Å². The standard InChI is InChI=1S/C34H30BrCl3N2O6S/c1-5-7-25-30(33(42)45-6-2)31(22-14-20(36)10-11-26(22)43-3)40-32(41)29(47-34(40)39-25)13-19-12-27(44-4)28(16-23(19)35)46-17-18-8-9-21(37)15-24(18)38/h8-16,31H,5-7,17H2,1-4H3/b29-13+/t31-/m1/s1. The van der Waals surface area contributed by atoms with Crippen molar-refractivity contribution in [3.8, 4) is 17.2 Å². The molecule has 246 valence electrons. The predicted octanol–water partition coefficient (Wildman–Crippen LogP) is 7.90. The highest BCUT2D eigenvalue weighted by Crippen LogP contribution is 2.39. The highest BCUT2D eigenvalue weighted by molar-refractivity contribution is 9.10. The fraction of sp³-hybridized carbons (Fsp3) is 0.265. The van der Waals surface area contributed by atoms with E-state index in [0.717, 1.165) is 12.0 Å². The van der Waals surface area contributed by atoms with Crippen LogP contribution in [0.3, 0.4) is 0 Å². The molecule has 0 saturated carbocycles. The number of carbonyl (C=O) groups excluding carboxylic acids is 1. The first-order valence-electron chi connectivity index (χ1n) is 14.6. The molecule has 0 unspecified atom stereocenters. The molecule has 13 heteroatoms. The van der Waals surface area contributed by atoms with Gasteiger partial charge in [-0.15, -0.1) is 0 Å². The second-order valence-corrected chi connectivity index (χ2v) is 13.5. The van der Waals surface area contributed by atoms with Crippen molar-refractivity contribution < 1.29 is 23.7 Å². The van der Waals surface area contributed by atoms with Gasteiger partial charge in [0.1, 0.15) is 18.4 Å². The highest BCUT2D eigenvalue weighted by Gasteiger charge is 2.36. The van der Waals surface area contributed by atoms with Crippen LogP contribution in [-0.4, -0.2) is 31.4 Å². The fourth-order valence-electron chi connectivity index (χ4n) is 5.20. The maximum atomic E-state index is 14.3. The third-order valence-corrected chi connectivity index (χ3v) is 9.84. The van der Waals surface area contributed by atoms with E-state index >= 15 is 0 Å². The summed E-state index contributed by atoms with van der Waals surface area (Å²) in [6.07, 6.45) is 2.97. The Bertz CT molecular complexity index is 2060. The summed E-state index contributed by atoms with van der Waals surface area (Å²) in [7, 11) is 3.06. The van der Waals surface area contributed by atoms with E-state index < -0.39 is 12.0 Å². The molecule has 8 nitrogen and oxygen atoms in total. The Morgan fingerprint density at radius 3 is 2.40 bits per heavy atom. The van der Waals surface area contributed by atoms with Crippen molar-refractivity contribution in [2.24, 2.45) is 4.99 Å². The van der Waals surface area contributed by atoms with E-state index in [1.807, 2.05) is 6.92 Å². The van der Waals surface area contributed by atoms with Gasteiger partial charge in [0.25, 0.3) is 5.56 Å². The van der Waals surface area contributed by atoms with Crippen LogP contribution in [0.1, 0.15) is 49.4 Å². The van der Waals surface area contributed by atoms with Gasteiger partial charge in [-0.25, -0.2) is 9.79 Å². The predicted molar refractivity (Wildman–Crippen MR) is 189 cm³/mol. The van der Waals surface area contributed by atoms with Gasteiger partial charge >= 0.3 is 5.97 Å². The van der Waals surface area contributed by atoms with E-state index in [2.05, 4.69) is 15.9 Å². The smallest absolute Gasteiger partial charge is 0.338 e. The number of halogens is 4. The SMILES string of the molecule is CCCC1=C(C(=O)OCC)[C@@H](c2cc(Cl)ccc2OC)n2c(s/c(=C/c3cc(OC)c(OCc4ccc(Cl)cc4Cl)cc3Br)c2=O)=N1. The van der Waals surface area contributed by atoms with Gasteiger partial charge in [-0.05, 0) is 67.4 Å². The molecule has 0 N–H and O–H groups in total. The number of esters is 1. The topological polar surface area (TPSA) is 88.4 Å². The average Bonchev–Trinajstić information content (AvgIpc) is 3.35. The lowest BCUT2D eigenvalue weighted by Crippen LogP contribution is -2.40. The Kier molecular flexibility index (Phi) is 11.4. The van der Waals surface area contributed by atoms with Crippen LogP contribution in [0.5, 0.6) is 17.2 Å². The molecule has 0 fully saturated rings. The molecule has 0 saturated heterocycles. The van der Waals surface area contributed by atoms with Gasteiger partial charge in [-0.2, -0.15) is 0 Å². The zero-order valence-corrected chi connectivity index (χ0v) is 30.5. The number of fused-ring (bicyclic) bond motifs is 1. The number of aromatic nitrogens is 1. The Hall–Kier alpha value is -3.28. The van der Waals surface area contributed by atoms with Crippen LogP contribution >= 0.6 is 62.1 Å². The summed E-state index contributed by atoms with van der Waals surface area (Å²) >= 11 is 23.6. The summed E-state index contributed by atoms with van der Waals surface area (Å²) in [5.74, 6) is 0.842. The number of hydrogen-bond acceptors (Lipinski definition) is 8. The molecule has 47 heavy (non-hydrogen) atoms. The van der Waals surface area contributed by atoms with Crippen LogP contribution in [0.4, 0.5) is 0 Å². The molecule has 0 amide bonds. The first kappa shape index (κ1) is 35.0. The van der Waals surface area contributed by atoms with Crippen molar-refractivity contribution in [1.29, 1.82) is 0 Å². The molecule has 4 aromatic rings. The van der Waals surface area contributed by atoms with Crippen LogP contribution < -0.4 is 29.1 Å². The van der Waals surface area contributed by atoms with Gasteiger partial charge in [0, 0.05) is 30.7 Å². The van der Waals surface area contributed by atoms with E-state index in [9.17, 15) is 9.59 Å². The summed E-state index contributed by atoms with van der Waals surface area (Å²) in [5.41, 5.74) is 2.45. The zero-order chi connectivity index (χ0) is 33.8. The molecule has 3 aromatic carbocycles. The Morgan fingerprint density at radius 2 is 1.72 bits per heavy atom. The van der Waals surface area contributed by atoms with E-state index in [1.165, 1.54) is 30.1 Å². The lowest BCUT2D eigenvalue weighted by Gasteiger charge is -2.27. The van der Waals surface area contributed by atoms with Crippen LogP contribution in [-0.2, 0) is 16.1 Å². The number of allylic oxidation sites excluding steroid dienone is 1. The van der Waals surface area contributed by atoms with Crippen molar-refractivity contribution in [1.82, 2.24) is 4.57 Å². The largest absolute Gasteiger partial charge is 0.496 e. The molecule has 1 aromatic heterocycles. The number of carbonyl (C=O) groups is 1. The zero-order valence-electron chi connectivity index (χ0n) is 25.9. The molecule has 2 heterocycles. The summed E-state index contributed by atoms with van der Waals surface area (Å²) in [6, 6.07) is 13.0. The highest BCUT2D eigenvalue weighted by atomic mass is 79.9. The number of ether oxygens (including phenoxy) is 4. The summed E-state index contributed by atoms with van der Waals surface area (Å²) in [4.78, 5) is 33.0. The van der Waals surface area contributed by atoms with Gasteiger partial charge < -0.3 is 18.9 Å². The Balaban J connectivity index is 1.64. The van der Waals surface area contributed by atoms with Crippen molar-refractivity contribution in [2.75, 3.05) is 20.8 Å². The lowest BCUT2D eigenvalue weighted by atomic mass is 9.93. The lowest BCUT2D eigenvalue weighted by molar-refractivity contribution is -0.139. The van der Waals surface area contributed by atoms with Crippen molar-refractivity contribution in [2.45, 2.75) is 39.3 Å². The molecular weight excluding hydrogens is 751 g/mol. The van der Waals surface area contributed by atoms with Crippen molar-refractivity contribution in [3.05, 3.63) is 116 Å². The molecule has 0 bridgehead atoms. The third kappa shape index (κ3) is 7.42. The number of nitrogens with zero attached hydrogens (tertiary/aromatic N) is 2. The number of methoxy groups -OCH3 is 2. The van der Waals surface area contributed by atoms with Gasteiger partial charge in [0.15, 0.2) is 16.3 Å². The van der Waals surface area contributed by atoms with Crippen LogP contribution in [0.25, 0.3) is 6.08 Å². The van der Waals surface area contributed by atoms with Crippen molar-refractivity contribution in [3.63, 3.8) is 0 Å². The normalized spacial score (nSPS) is 14.5. The minimum absolute atomic E-state index is 0.161. The van der Waals surface area contributed by atoms with Gasteiger partial charge in [-0.1, -0.05) is 81.5 Å². The number of rotatable bonds is 11. The van der Waals surface area contributed by atoms with Crippen LogP contribution in [0.15, 0.2) is 74.1 Å². The molecule has 0 radical (unpaired) electrons. The summed E-state index contributed by atoms with van der Waals surface area (Å²) in [6.45, 7) is 4.08. The molecular formula is C34H30BrCl3N2O6S. The first-order chi connectivity index (χ1) is 22.6. The first-order valence-corrected chi connectivity index (χ1v) is 17.3. The van der Waals surface area contributed by atoms with Crippen molar-refractivity contribution >= 4 is 74.1 Å². The Labute approximate surface area is 298 Å². The Morgan fingerprint density at radius 1 is 1.00 bits per heavy atom. The fourth-order valence-corrected chi connectivity index (χ4v) is 7.29. The van der Waals surface area contributed by atoms with Crippen LogP contribution in [0, 0.1) is 0 Å². The molecule has 1 aliphatic heterocycles. The molecule has 5 rings (SSSR count). The average molecular weight is 781 g/mol. The minimum atomic E-state index is -0.879. The molecule has 1 aliphatic rings. The second kappa shape index (κ2) is 15.3. The number of benzene rings is 3. The maximum absolute atomic E-state index is 14.3. The maximum Gasteiger partial charge on any atom is 0.338 e. The molecule has 0 spiro atoms. The summed E-state index contributed by atoms with van der Waals surface area (Å²) in [5, 5.41) is 1.45.